The lowest BCUT2D eigenvalue weighted by Crippen LogP contribution is -2.33. The zero-order valence-corrected chi connectivity index (χ0v) is 11.2. The highest BCUT2D eigenvalue weighted by Crippen LogP contribution is 2.23. The van der Waals surface area contributed by atoms with Crippen LogP contribution in [0.15, 0.2) is 16.6 Å². The van der Waals surface area contributed by atoms with Gasteiger partial charge in [-0.3, -0.25) is 4.79 Å². The van der Waals surface area contributed by atoms with Crippen LogP contribution in [-0.4, -0.2) is 35.6 Å². The molecule has 0 bridgehead atoms. The van der Waals surface area contributed by atoms with Crippen molar-refractivity contribution in [2.24, 2.45) is 0 Å². The highest BCUT2D eigenvalue weighted by Gasteiger charge is 2.18. The summed E-state index contributed by atoms with van der Waals surface area (Å²) < 4.78 is 13.5. The van der Waals surface area contributed by atoms with E-state index in [0.717, 1.165) is 6.07 Å². The topological polar surface area (TPSA) is 66.6 Å². The number of halogens is 2. The largest absolute Gasteiger partial charge is 0.396 e. The van der Waals surface area contributed by atoms with E-state index >= 15 is 0 Å². The number of amides is 1. The minimum atomic E-state index is -0.625. The molecule has 94 valence electrons. The van der Waals surface area contributed by atoms with Crippen LogP contribution in [-0.2, 0) is 0 Å². The van der Waals surface area contributed by atoms with Gasteiger partial charge < -0.3 is 15.7 Å². The van der Waals surface area contributed by atoms with Crippen LogP contribution < -0.4 is 5.73 Å². The Hall–Kier alpha value is -1.14. The Bertz CT molecular complexity index is 438. The van der Waals surface area contributed by atoms with Crippen molar-refractivity contribution in [1.82, 2.24) is 4.90 Å². The van der Waals surface area contributed by atoms with Gasteiger partial charge in [-0.15, -0.1) is 0 Å². The number of nitrogen functional groups attached to an aromatic ring is 1. The number of likely N-dealkylation sites (N-methyl/N-ethyl adjacent to an activating group) is 1. The lowest BCUT2D eigenvalue weighted by Gasteiger charge is -2.19. The Labute approximate surface area is 107 Å². The fourth-order valence-electron chi connectivity index (χ4n) is 1.41. The monoisotopic (exact) mass is 304 g/mol. The summed E-state index contributed by atoms with van der Waals surface area (Å²) in [6, 6.07) is 2.43. The summed E-state index contributed by atoms with van der Waals surface area (Å²) in [5.74, 6) is -0.906. The van der Waals surface area contributed by atoms with E-state index in [1.165, 1.54) is 11.0 Å². The Morgan fingerprint density at radius 3 is 2.76 bits per heavy atom. The van der Waals surface area contributed by atoms with Crippen molar-refractivity contribution in [1.29, 1.82) is 0 Å². The molecule has 0 spiro atoms. The molecule has 0 aliphatic rings. The van der Waals surface area contributed by atoms with Gasteiger partial charge in [0.2, 0.25) is 0 Å². The normalized spacial score (nSPS) is 12.3. The number of aliphatic hydroxyl groups excluding tert-OH is 1. The molecule has 0 saturated carbocycles. The lowest BCUT2D eigenvalue weighted by atomic mass is 10.1. The number of carbonyl (C=O) groups excluding carboxylic acids is 1. The number of carbonyl (C=O) groups is 1. The molecular weight excluding hydrogens is 291 g/mol. The Morgan fingerprint density at radius 2 is 2.24 bits per heavy atom. The molecule has 0 aromatic heterocycles. The Kier molecular flexibility index (Phi) is 4.47. The molecule has 1 amide bonds. The van der Waals surface area contributed by atoms with E-state index in [9.17, 15) is 14.3 Å². The molecule has 6 heteroatoms. The van der Waals surface area contributed by atoms with Gasteiger partial charge in [0.15, 0.2) is 0 Å². The number of nitrogens with zero attached hydrogens (tertiary/aromatic N) is 1. The number of hydrogen-bond acceptors (Lipinski definition) is 3. The zero-order valence-electron chi connectivity index (χ0n) is 9.58. The van der Waals surface area contributed by atoms with Gasteiger partial charge in [0.1, 0.15) is 5.82 Å². The highest BCUT2D eigenvalue weighted by molar-refractivity contribution is 9.10. The van der Waals surface area contributed by atoms with Crippen LogP contribution in [0.1, 0.15) is 17.3 Å². The first-order chi connectivity index (χ1) is 7.82. The second-order valence-corrected chi connectivity index (χ2v) is 4.74. The SMILES string of the molecule is CC(O)CN(C)C(=O)c1cc(N)c(F)cc1Br. The van der Waals surface area contributed by atoms with Crippen LogP contribution in [0, 0.1) is 5.82 Å². The van der Waals surface area contributed by atoms with E-state index in [2.05, 4.69) is 15.9 Å². The summed E-state index contributed by atoms with van der Waals surface area (Å²) in [6.07, 6.45) is -0.625. The molecule has 17 heavy (non-hydrogen) atoms. The average Bonchev–Trinajstić information content (AvgIpc) is 2.21. The first-order valence-corrected chi connectivity index (χ1v) is 5.80. The summed E-state index contributed by atoms with van der Waals surface area (Å²) in [5, 5.41) is 9.20. The quantitative estimate of drug-likeness (QED) is 0.834. The van der Waals surface area contributed by atoms with E-state index in [0.29, 0.717) is 4.47 Å². The Morgan fingerprint density at radius 1 is 1.65 bits per heavy atom. The van der Waals surface area contributed by atoms with Gasteiger partial charge in [-0.05, 0) is 35.0 Å². The minimum absolute atomic E-state index is 0.0815. The molecule has 1 unspecified atom stereocenters. The van der Waals surface area contributed by atoms with Gasteiger partial charge in [-0.1, -0.05) is 0 Å². The lowest BCUT2D eigenvalue weighted by molar-refractivity contribution is 0.0703. The smallest absolute Gasteiger partial charge is 0.254 e. The number of rotatable bonds is 3. The molecule has 1 atom stereocenters. The molecule has 1 rings (SSSR count). The molecule has 0 radical (unpaired) electrons. The molecule has 1 aromatic rings. The van der Waals surface area contributed by atoms with Crippen LogP contribution in [0.5, 0.6) is 0 Å². The van der Waals surface area contributed by atoms with Crippen LogP contribution in [0.25, 0.3) is 0 Å². The van der Waals surface area contributed by atoms with Crippen molar-refractivity contribution in [3.05, 3.63) is 28.0 Å². The maximum absolute atomic E-state index is 13.1. The minimum Gasteiger partial charge on any atom is -0.396 e. The number of hydrogen-bond donors (Lipinski definition) is 2. The molecular formula is C11H14BrFN2O2. The van der Waals surface area contributed by atoms with Crippen LogP contribution in [0.2, 0.25) is 0 Å². The van der Waals surface area contributed by atoms with Crippen LogP contribution in [0.4, 0.5) is 10.1 Å². The van der Waals surface area contributed by atoms with Gasteiger partial charge in [0, 0.05) is 18.1 Å². The number of nitrogens with two attached hydrogens (primary N) is 1. The fourth-order valence-corrected chi connectivity index (χ4v) is 1.90. The van der Waals surface area contributed by atoms with Gasteiger partial charge in [-0.25, -0.2) is 4.39 Å². The predicted octanol–water partition coefficient (Wildman–Crippen LogP) is 1.62. The third-order valence-electron chi connectivity index (χ3n) is 2.20. The molecule has 3 N–H and O–H groups in total. The fraction of sp³-hybridized carbons (Fsp3) is 0.364. The molecule has 0 aliphatic heterocycles. The van der Waals surface area contributed by atoms with E-state index in [1.807, 2.05) is 0 Å². The van der Waals surface area contributed by atoms with Gasteiger partial charge in [0.05, 0.1) is 17.4 Å². The summed E-state index contributed by atoms with van der Waals surface area (Å²) in [7, 11) is 1.56. The molecule has 0 saturated heterocycles. The predicted molar refractivity (Wildman–Crippen MR) is 67.2 cm³/mol. The summed E-state index contributed by atoms with van der Waals surface area (Å²) in [6.45, 7) is 1.78. The second kappa shape index (κ2) is 5.46. The zero-order chi connectivity index (χ0) is 13.2. The first-order valence-electron chi connectivity index (χ1n) is 5.01. The van der Waals surface area contributed by atoms with E-state index in [-0.39, 0.29) is 23.7 Å². The first kappa shape index (κ1) is 13.9. The summed E-state index contributed by atoms with van der Waals surface area (Å²) in [4.78, 5) is 13.3. The third kappa shape index (κ3) is 3.41. The van der Waals surface area contributed by atoms with Gasteiger partial charge in [0.25, 0.3) is 5.91 Å². The summed E-state index contributed by atoms with van der Waals surface area (Å²) in [5.41, 5.74) is 5.60. The number of benzene rings is 1. The Balaban J connectivity index is 3.00. The maximum atomic E-state index is 13.1. The van der Waals surface area contributed by atoms with Crippen LogP contribution in [0.3, 0.4) is 0 Å². The van der Waals surface area contributed by atoms with Crippen molar-refractivity contribution in [2.45, 2.75) is 13.0 Å². The van der Waals surface area contributed by atoms with E-state index in [1.54, 1.807) is 14.0 Å². The third-order valence-corrected chi connectivity index (χ3v) is 2.86. The average molecular weight is 305 g/mol. The molecule has 0 aliphatic carbocycles. The molecule has 1 aromatic carbocycles. The van der Waals surface area contributed by atoms with Crippen LogP contribution >= 0.6 is 15.9 Å². The maximum Gasteiger partial charge on any atom is 0.254 e. The number of aliphatic hydroxyl groups is 1. The highest BCUT2D eigenvalue weighted by atomic mass is 79.9. The van der Waals surface area contributed by atoms with Gasteiger partial charge >= 0.3 is 0 Å². The molecule has 4 nitrogen and oxygen atoms in total. The van der Waals surface area contributed by atoms with Gasteiger partial charge in [-0.2, -0.15) is 0 Å². The van der Waals surface area contributed by atoms with Crippen molar-refractivity contribution < 1.29 is 14.3 Å². The number of anilines is 1. The molecule has 0 heterocycles. The van der Waals surface area contributed by atoms with Crippen molar-refractivity contribution >= 4 is 27.5 Å². The molecule has 0 fully saturated rings. The van der Waals surface area contributed by atoms with Crippen molar-refractivity contribution in [3.63, 3.8) is 0 Å². The van der Waals surface area contributed by atoms with E-state index < -0.39 is 11.9 Å². The van der Waals surface area contributed by atoms with Crippen molar-refractivity contribution in [3.8, 4) is 0 Å². The van der Waals surface area contributed by atoms with E-state index in [4.69, 9.17) is 5.73 Å². The second-order valence-electron chi connectivity index (χ2n) is 3.89. The standard InChI is InChI=1S/C11H14BrFN2O2/c1-6(16)5-15(2)11(17)7-3-10(14)9(13)4-8(7)12/h3-4,6,16H,5,14H2,1-2H3. The van der Waals surface area contributed by atoms with Crippen molar-refractivity contribution in [2.75, 3.05) is 19.3 Å². The summed E-state index contributed by atoms with van der Waals surface area (Å²) >= 11 is 3.11.